The van der Waals surface area contributed by atoms with Gasteiger partial charge in [-0.25, -0.2) is 0 Å². The molecule has 4 nitrogen and oxygen atoms in total. The zero-order chi connectivity index (χ0) is 15.7. The molecule has 1 heterocycles. The molecule has 3 N–H and O–H groups in total. The van der Waals surface area contributed by atoms with E-state index in [0.717, 1.165) is 6.42 Å². The third-order valence-electron chi connectivity index (χ3n) is 3.60. The number of fused-ring (bicyclic) bond motifs is 1. The highest BCUT2D eigenvalue weighted by Gasteiger charge is 2.28. The number of amides is 2. The number of nitrogens with one attached hydrogen (secondary N) is 1. The van der Waals surface area contributed by atoms with Gasteiger partial charge in [-0.3, -0.25) is 9.59 Å². The molecule has 0 spiro atoms. The number of carbonyl (C=O) groups is 2. The minimum absolute atomic E-state index is 0.0551. The first-order valence-corrected chi connectivity index (χ1v) is 7.88. The maximum atomic E-state index is 12.4. The molecule has 1 aliphatic heterocycles. The Hall–Kier alpha value is -2.27. The Labute approximate surface area is 133 Å². The van der Waals surface area contributed by atoms with Crippen molar-refractivity contribution in [3.63, 3.8) is 0 Å². The summed E-state index contributed by atoms with van der Waals surface area (Å²) in [5.74, 6) is -0.560. The first-order valence-electron chi connectivity index (χ1n) is 7.00. The van der Waals surface area contributed by atoms with Crippen LogP contribution in [0, 0.1) is 6.92 Å². The Kier molecular flexibility index (Phi) is 3.90. The molecule has 0 saturated carbocycles. The van der Waals surface area contributed by atoms with Gasteiger partial charge in [0.2, 0.25) is 11.8 Å². The molecule has 1 atom stereocenters. The largest absolute Gasteiger partial charge is 0.366 e. The van der Waals surface area contributed by atoms with Gasteiger partial charge in [0.15, 0.2) is 0 Å². The third-order valence-corrected chi connectivity index (χ3v) is 4.90. The molecule has 0 aromatic heterocycles. The third kappa shape index (κ3) is 2.99. The quantitative estimate of drug-likeness (QED) is 0.915. The Morgan fingerprint density at radius 1 is 1.23 bits per heavy atom. The van der Waals surface area contributed by atoms with Crippen LogP contribution < -0.4 is 11.1 Å². The van der Waals surface area contributed by atoms with E-state index in [1.54, 1.807) is 36.0 Å². The van der Waals surface area contributed by atoms with E-state index in [1.807, 2.05) is 6.92 Å². The van der Waals surface area contributed by atoms with Gasteiger partial charge in [0, 0.05) is 16.1 Å². The molecular formula is C17H16N2O2S. The van der Waals surface area contributed by atoms with Crippen molar-refractivity contribution < 1.29 is 9.59 Å². The minimum Gasteiger partial charge on any atom is -0.366 e. The van der Waals surface area contributed by atoms with Crippen LogP contribution in [0.15, 0.2) is 47.4 Å². The maximum Gasteiger partial charge on any atom is 0.248 e. The highest BCUT2D eigenvalue weighted by atomic mass is 32.2. The van der Waals surface area contributed by atoms with Gasteiger partial charge in [-0.05, 0) is 43.2 Å². The van der Waals surface area contributed by atoms with E-state index in [1.165, 1.54) is 16.0 Å². The van der Waals surface area contributed by atoms with Gasteiger partial charge in [0.05, 0.1) is 5.25 Å². The molecule has 22 heavy (non-hydrogen) atoms. The van der Waals surface area contributed by atoms with Crippen molar-refractivity contribution in [2.24, 2.45) is 5.73 Å². The Bertz CT molecular complexity index is 758. The summed E-state index contributed by atoms with van der Waals surface area (Å²) in [4.78, 5) is 24.8. The predicted octanol–water partition coefficient (Wildman–Crippen LogP) is 2.75. The number of nitrogens with two attached hydrogens (primary N) is 1. The number of thioether (sulfide) groups is 1. The molecule has 2 aromatic rings. The molecular weight excluding hydrogens is 296 g/mol. The van der Waals surface area contributed by atoms with E-state index in [-0.39, 0.29) is 11.2 Å². The molecule has 0 radical (unpaired) electrons. The van der Waals surface area contributed by atoms with Crippen molar-refractivity contribution in [1.82, 2.24) is 0 Å². The summed E-state index contributed by atoms with van der Waals surface area (Å²) in [6.07, 6.45) is 0.724. The van der Waals surface area contributed by atoms with Crippen LogP contribution >= 0.6 is 11.8 Å². The molecule has 1 unspecified atom stereocenters. The predicted molar refractivity (Wildman–Crippen MR) is 88.1 cm³/mol. The number of hydrogen-bond acceptors (Lipinski definition) is 3. The summed E-state index contributed by atoms with van der Waals surface area (Å²) < 4.78 is 0. The highest BCUT2D eigenvalue weighted by molar-refractivity contribution is 8.01. The van der Waals surface area contributed by atoms with Gasteiger partial charge in [0.25, 0.3) is 0 Å². The average Bonchev–Trinajstić information content (AvgIpc) is 2.90. The second-order valence-electron chi connectivity index (χ2n) is 5.36. The number of benzene rings is 2. The van der Waals surface area contributed by atoms with Gasteiger partial charge in [-0.1, -0.05) is 23.8 Å². The summed E-state index contributed by atoms with van der Waals surface area (Å²) in [7, 11) is 0. The van der Waals surface area contributed by atoms with Crippen LogP contribution in [0.25, 0.3) is 0 Å². The number of primary amides is 1. The molecule has 2 aromatic carbocycles. The Morgan fingerprint density at radius 2 is 2.05 bits per heavy atom. The topological polar surface area (TPSA) is 72.2 Å². The van der Waals surface area contributed by atoms with E-state index in [9.17, 15) is 9.59 Å². The monoisotopic (exact) mass is 312 g/mol. The first-order chi connectivity index (χ1) is 10.5. The van der Waals surface area contributed by atoms with Crippen molar-refractivity contribution in [3.8, 4) is 0 Å². The number of anilines is 1. The molecule has 0 saturated heterocycles. The van der Waals surface area contributed by atoms with Crippen LogP contribution in [0.4, 0.5) is 5.69 Å². The van der Waals surface area contributed by atoms with Crippen LogP contribution in [0.5, 0.6) is 0 Å². The normalized spacial score (nSPS) is 16.1. The summed E-state index contributed by atoms with van der Waals surface area (Å²) >= 11 is 1.58. The Morgan fingerprint density at radius 3 is 2.82 bits per heavy atom. The average molecular weight is 312 g/mol. The zero-order valence-electron chi connectivity index (χ0n) is 12.1. The van der Waals surface area contributed by atoms with Gasteiger partial charge in [-0.2, -0.15) is 0 Å². The second kappa shape index (κ2) is 5.85. The molecule has 112 valence electrons. The van der Waals surface area contributed by atoms with Crippen LogP contribution in [-0.2, 0) is 11.2 Å². The number of carbonyl (C=O) groups excluding carboxylic acids is 2. The van der Waals surface area contributed by atoms with E-state index >= 15 is 0 Å². The van der Waals surface area contributed by atoms with E-state index in [4.69, 9.17) is 5.73 Å². The van der Waals surface area contributed by atoms with Crippen LogP contribution in [-0.4, -0.2) is 17.1 Å². The number of aryl methyl sites for hydroxylation is 1. The summed E-state index contributed by atoms with van der Waals surface area (Å²) in [5, 5.41) is 2.72. The highest BCUT2D eigenvalue weighted by Crippen LogP contribution is 2.38. The fourth-order valence-electron chi connectivity index (χ4n) is 2.45. The van der Waals surface area contributed by atoms with Gasteiger partial charge >= 0.3 is 0 Å². The SMILES string of the molecule is Cc1ccc2c(c1)SC(C(=O)Nc1cccc(C(N)=O)c1)C2. The smallest absolute Gasteiger partial charge is 0.248 e. The zero-order valence-corrected chi connectivity index (χ0v) is 12.9. The van der Waals surface area contributed by atoms with Gasteiger partial charge < -0.3 is 11.1 Å². The van der Waals surface area contributed by atoms with Crippen molar-refractivity contribution in [3.05, 3.63) is 59.2 Å². The fourth-order valence-corrected chi connectivity index (χ4v) is 3.75. The molecule has 1 aliphatic rings. The lowest BCUT2D eigenvalue weighted by atomic mass is 10.1. The molecule has 3 rings (SSSR count). The van der Waals surface area contributed by atoms with Gasteiger partial charge in [0.1, 0.15) is 0 Å². The van der Waals surface area contributed by atoms with E-state index < -0.39 is 5.91 Å². The minimum atomic E-state index is -0.505. The molecule has 0 aliphatic carbocycles. The Balaban J connectivity index is 1.71. The number of hydrogen-bond donors (Lipinski definition) is 2. The molecule has 0 fully saturated rings. The second-order valence-corrected chi connectivity index (χ2v) is 6.60. The fraction of sp³-hybridized carbons (Fsp3) is 0.176. The van der Waals surface area contributed by atoms with Crippen molar-refractivity contribution in [2.45, 2.75) is 23.5 Å². The maximum absolute atomic E-state index is 12.4. The van der Waals surface area contributed by atoms with Gasteiger partial charge in [-0.15, -0.1) is 11.8 Å². The molecule has 0 bridgehead atoms. The first kappa shape index (κ1) is 14.7. The van der Waals surface area contributed by atoms with Crippen molar-refractivity contribution in [1.29, 1.82) is 0 Å². The lowest BCUT2D eigenvalue weighted by Gasteiger charge is -2.10. The standard InChI is InChI=1S/C17H16N2O2S/c1-10-5-6-11-9-15(22-14(11)7-10)17(21)19-13-4-2-3-12(8-13)16(18)20/h2-8,15H,9H2,1H3,(H2,18,20)(H,19,21). The molecule has 5 heteroatoms. The van der Waals surface area contributed by atoms with Crippen LogP contribution in [0.3, 0.4) is 0 Å². The summed E-state index contributed by atoms with van der Waals surface area (Å²) in [5.41, 5.74) is 8.63. The van der Waals surface area contributed by atoms with Crippen LogP contribution in [0.1, 0.15) is 21.5 Å². The summed E-state index contributed by atoms with van der Waals surface area (Å²) in [6, 6.07) is 12.9. The lowest BCUT2D eigenvalue weighted by Crippen LogP contribution is -2.24. The van der Waals surface area contributed by atoms with E-state index in [0.29, 0.717) is 11.3 Å². The molecule has 2 amide bonds. The van der Waals surface area contributed by atoms with Crippen molar-refractivity contribution in [2.75, 3.05) is 5.32 Å². The number of rotatable bonds is 3. The van der Waals surface area contributed by atoms with Crippen LogP contribution in [0.2, 0.25) is 0 Å². The van der Waals surface area contributed by atoms with E-state index in [2.05, 4.69) is 23.5 Å². The lowest BCUT2D eigenvalue weighted by molar-refractivity contribution is -0.115. The summed E-state index contributed by atoms with van der Waals surface area (Å²) in [6.45, 7) is 2.05. The van der Waals surface area contributed by atoms with Crippen molar-refractivity contribution >= 4 is 29.3 Å².